The zero-order valence-electron chi connectivity index (χ0n) is 16.1. The van der Waals surface area contributed by atoms with Crippen molar-refractivity contribution in [2.75, 3.05) is 0 Å². The molecule has 158 valence electrons. The quantitative estimate of drug-likeness (QED) is 0.404. The van der Waals surface area contributed by atoms with E-state index < -0.39 is 16.0 Å². The van der Waals surface area contributed by atoms with Gasteiger partial charge in [0.1, 0.15) is 0 Å². The van der Waals surface area contributed by atoms with E-state index in [-0.39, 0.29) is 29.5 Å². The smallest absolute Gasteiger partial charge is 0.338 e. The molecule has 0 radical (unpaired) electrons. The van der Waals surface area contributed by atoms with Gasteiger partial charge in [-0.15, -0.1) is 0 Å². The van der Waals surface area contributed by atoms with Crippen LogP contribution in [0.3, 0.4) is 0 Å². The van der Waals surface area contributed by atoms with Crippen LogP contribution in [-0.4, -0.2) is 24.5 Å². The van der Waals surface area contributed by atoms with Gasteiger partial charge in [-0.1, -0.05) is 41.6 Å². The van der Waals surface area contributed by atoms with Crippen LogP contribution in [-0.2, 0) is 27.9 Å². The molecule has 4 rings (SSSR count). The van der Waals surface area contributed by atoms with Gasteiger partial charge >= 0.3 is 5.97 Å². The van der Waals surface area contributed by atoms with E-state index in [0.717, 1.165) is 11.1 Å². The van der Waals surface area contributed by atoms with Crippen molar-refractivity contribution >= 4 is 27.3 Å². The number of hydrogen-bond acceptors (Lipinski definition) is 8. The van der Waals surface area contributed by atoms with Crippen LogP contribution in [0.1, 0.15) is 21.8 Å². The number of hydrogen-bond donors (Lipinski definition) is 1. The van der Waals surface area contributed by atoms with Crippen LogP contribution < -0.4 is 4.72 Å². The second kappa shape index (κ2) is 9.21. The maximum absolute atomic E-state index is 12.6. The molecule has 0 saturated carbocycles. The van der Waals surface area contributed by atoms with E-state index in [4.69, 9.17) is 9.26 Å². The number of thiophene rings is 1. The molecule has 0 spiro atoms. The van der Waals surface area contributed by atoms with Crippen molar-refractivity contribution in [2.24, 2.45) is 0 Å². The average molecular weight is 456 g/mol. The van der Waals surface area contributed by atoms with Gasteiger partial charge in [0.15, 0.2) is 6.61 Å². The summed E-state index contributed by atoms with van der Waals surface area (Å²) in [6.45, 7) is -0.0827. The molecule has 31 heavy (non-hydrogen) atoms. The van der Waals surface area contributed by atoms with Gasteiger partial charge in [-0.05, 0) is 35.2 Å². The highest BCUT2D eigenvalue weighted by Gasteiger charge is 2.18. The fourth-order valence-corrected chi connectivity index (χ4v) is 4.38. The van der Waals surface area contributed by atoms with Crippen LogP contribution in [0.2, 0.25) is 0 Å². The van der Waals surface area contributed by atoms with Crippen LogP contribution in [0, 0.1) is 0 Å². The van der Waals surface area contributed by atoms with Crippen molar-refractivity contribution in [1.82, 2.24) is 14.9 Å². The predicted octanol–water partition coefficient (Wildman–Crippen LogP) is 3.63. The third-order valence-corrected chi connectivity index (χ3v) is 6.35. The number of carbonyl (C=O) groups excluding carboxylic acids is 1. The second-order valence-electron chi connectivity index (χ2n) is 6.44. The monoisotopic (exact) mass is 455 g/mol. The van der Waals surface area contributed by atoms with Crippen molar-refractivity contribution in [2.45, 2.75) is 18.0 Å². The summed E-state index contributed by atoms with van der Waals surface area (Å²) in [7, 11) is -3.80. The first-order valence-corrected chi connectivity index (χ1v) is 11.6. The molecule has 1 N–H and O–H groups in total. The zero-order valence-corrected chi connectivity index (χ0v) is 17.7. The number of rotatable bonds is 8. The van der Waals surface area contributed by atoms with Crippen molar-refractivity contribution in [1.29, 1.82) is 0 Å². The highest BCUT2D eigenvalue weighted by molar-refractivity contribution is 7.89. The van der Waals surface area contributed by atoms with Crippen LogP contribution in [0.4, 0.5) is 0 Å². The van der Waals surface area contributed by atoms with E-state index in [0.29, 0.717) is 5.82 Å². The van der Waals surface area contributed by atoms with Crippen molar-refractivity contribution in [3.05, 3.63) is 88.4 Å². The maximum Gasteiger partial charge on any atom is 0.338 e. The minimum atomic E-state index is -3.80. The van der Waals surface area contributed by atoms with Crippen molar-refractivity contribution in [3.63, 3.8) is 0 Å². The molecule has 0 fully saturated rings. The Labute approximate surface area is 182 Å². The molecule has 0 aliphatic carbocycles. The first-order chi connectivity index (χ1) is 15.0. The number of benzene rings is 2. The third kappa shape index (κ3) is 5.23. The molecule has 0 amide bonds. The number of sulfonamides is 1. The molecule has 0 saturated heterocycles. The largest absolute Gasteiger partial charge is 0.452 e. The van der Waals surface area contributed by atoms with Crippen LogP contribution >= 0.6 is 11.3 Å². The lowest BCUT2D eigenvalue weighted by Crippen LogP contribution is -2.23. The standard InChI is InChI=1S/C21H17N3O5S2/c25-21(28-13-19-23-20(24-29-19)17-9-10-30-14-17)16-7-4-8-18(11-16)31(26,27)22-12-15-5-2-1-3-6-15/h1-11,14,22H,12-13H2. The van der Waals surface area contributed by atoms with Gasteiger partial charge in [0.2, 0.25) is 15.8 Å². The van der Waals surface area contributed by atoms with Gasteiger partial charge < -0.3 is 9.26 Å². The first-order valence-electron chi connectivity index (χ1n) is 9.17. The molecule has 4 aromatic rings. The topological polar surface area (TPSA) is 111 Å². The lowest BCUT2D eigenvalue weighted by Gasteiger charge is -2.08. The fourth-order valence-electron chi connectivity index (χ4n) is 2.68. The summed E-state index contributed by atoms with van der Waals surface area (Å²) in [6, 6.07) is 16.6. The third-order valence-electron chi connectivity index (χ3n) is 4.26. The molecule has 2 heterocycles. The SMILES string of the molecule is O=C(OCc1nc(-c2ccsc2)no1)c1cccc(S(=O)(=O)NCc2ccccc2)c1. The van der Waals surface area contributed by atoms with E-state index in [1.807, 2.05) is 47.2 Å². The van der Waals surface area contributed by atoms with Gasteiger partial charge in [0, 0.05) is 17.5 Å². The Balaban J connectivity index is 1.39. The molecular weight excluding hydrogens is 438 g/mol. The molecule has 0 unspecified atom stereocenters. The number of esters is 1. The van der Waals surface area contributed by atoms with Gasteiger partial charge in [-0.3, -0.25) is 0 Å². The summed E-state index contributed by atoms with van der Waals surface area (Å²) in [6.07, 6.45) is 0. The fraction of sp³-hybridized carbons (Fsp3) is 0.0952. The molecule has 10 heteroatoms. The molecule has 2 aromatic carbocycles. The van der Waals surface area contributed by atoms with Gasteiger partial charge in [-0.2, -0.15) is 16.3 Å². The Morgan fingerprint density at radius 3 is 2.71 bits per heavy atom. The summed E-state index contributed by atoms with van der Waals surface area (Å²) >= 11 is 1.50. The average Bonchev–Trinajstić information content (AvgIpc) is 3.49. The summed E-state index contributed by atoms with van der Waals surface area (Å²) in [4.78, 5) is 16.5. The van der Waals surface area contributed by atoms with Crippen LogP contribution in [0.25, 0.3) is 11.4 Å². The number of nitrogens with one attached hydrogen (secondary N) is 1. The summed E-state index contributed by atoms with van der Waals surface area (Å²) in [5.41, 5.74) is 1.73. The first kappa shape index (κ1) is 20.9. The predicted molar refractivity (Wildman–Crippen MR) is 114 cm³/mol. The lowest BCUT2D eigenvalue weighted by molar-refractivity contribution is 0.0429. The summed E-state index contributed by atoms with van der Waals surface area (Å²) in [5.74, 6) is -0.150. The molecule has 8 nitrogen and oxygen atoms in total. The van der Waals surface area contributed by atoms with Gasteiger partial charge in [0.25, 0.3) is 5.89 Å². The van der Waals surface area contributed by atoms with Crippen molar-refractivity contribution < 1.29 is 22.5 Å². The van der Waals surface area contributed by atoms with E-state index >= 15 is 0 Å². The zero-order chi connectivity index (χ0) is 21.7. The van der Waals surface area contributed by atoms with E-state index in [1.54, 1.807) is 0 Å². The Morgan fingerprint density at radius 2 is 1.94 bits per heavy atom. The van der Waals surface area contributed by atoms with Gasteiger partial charge in [0.05, 0.1) is 10.5 Å². The van der Waals surface area contributed by atoms with E-state index in [2.05, 4.69) is 14.9 Å². The molecule has 0 bridgehead atoms. The molecule has 0 aliphatic heterocycles. The maximum atomic E-state index is 12.6. The molecular formula is C21H17N3O5S2. The Bertz CT molecular complexity index is 1270. The number of ether oxygens (including phenoxy) is 1. The van der Waals surface area contributed by atoms with E-state index in [9.17, 15) is 13.2 Å². The summed E-state index contributed by atoms with van der Waals surface area (Å²) in [5, 5.41) is 7.61. The Hall–Kier alpha value is -3.34. The number of aromatic nitrogens is 2. The highest BCUT2D eigenvalue weighted by atomic mass is 32.2. The van der Waals surface area contributed by atoms with Crippen molar-refractivity contribution in [3.8, 4) is 11.4 Å². The minimum absolute atomic E-state index is 0.0320. The normalized spacial score (nSPS) is 11.4. The number of carbonyl (C=O) groups is 1. The minimum Gasteiger partial charge on any atom is -0.452 e. The Kier molecular flexibility index (Phi) is 6.21. The summed E-state index contributed by atoms with van der Waals surface area (Å²) < 4.78 is 38.0. The highest BCUT2D eigenvalue weighted by Crippen LogP contribution is 2.19. The molecule has 2 aromatic heterocycles. The molecule has 0 atom stereocenters. The van der Waals surface area contributed by atoms with Crippen LogP contribution in [0.15, 0.2) is 80.8 Å². The van der Waals surface area contributed by atoms with Crippen LogP contribution in [0.5, 0.6) is 0 Å². The number of nitrogens with zero attached hydrogens (tertiary/aromatic N) is 2. The second-order valence-corrected chi connectivity index (χ2v) is 8.98. The molecule has 0 aliphatic rings. The lowest BCUT2D eigenvalue weighted by atomic mass is 10.2. The van der Waals surface area contributed by atoms with E-state index in [1.165, 1.54) is 35.6 Å². The Morgan fingerprint density at radius 1 is 1.10 bits per heavy atom. The van der Waals surface area contributed by atoms with Gasteiger partial charge in [-0.25, -0.2) is 17.9 Å².